The molecule has 5 heteroatoms. The lowest BCUT2D eigenvalue weighted by Gasteiger charge is -2.44. The second kappa shape index (κ2) is 9.92. The summed E-state index contributed by atoms with van der Waals surface area (Å²) in [5, 5.41) is 9.31. The highest BCUT2D eigenvalue weighted by Crippen LogP contribution is 2.45. The fourth-order valence-corrected chi connectivity index (χ4v) is 4.95. The zero-order chi connectivity index (χ0) is 19.2. The lowest BCUT2D eigenvalue weighted by atomic mass is 9.68. The molecule has 0 aromatic rings. The van der Waals surface area contributed by atoms with Gasteiger partial charge >= 0.3 is 0 Å². The second-order valence-electron chi connectivity index (χ2n) is 8.48. The van der Waals surface area contributed by atoms with Gasteiger partial charge < -0.3 is 19.5 Å². The molecular weight excluding hydrogens is 342 g/mol. The molecule has 154 valence electrons. The van der Waals surface area contributed by atoms with Crippen molar-refractivity contribution in [2.45, 2.75) is 83.5 Å². The van der Waals surface area contributed by atoms with Crippen LogP contribution in [-0.2, 0) is 14.3 Å². The highest BCUT2D eigenvalue weighted by Gasteiger charge is 2.42. The highest BCUT2D eigenvalue weighted by molar-refractivity contribution is 5.91. The van der Waals surface area contributed by atoms with E-state index in [1.807, 2.05) is 18.9 Å². The number of aliphatic hydroxyl groups excluding tert-OH is 1. The van der Waals surface area contributed by atoms with Gasteiger partial charge in [0.15, 0.2) is 5.76 Å². The Kier molecular flexibility index (Phi) is 7.59. The fourth-order valence-electron chi connectivity index (χ4n) is 4.95. The van der Waals surface area contributed by atoms with Crippen molar-refractivity contribution in [3.05, 3.63) is 11.8 Å². The van der Waals surface area contributed by atoms with Gasteiger partial charge in [-0.25, -0.2) is 0 Å². The van der Waals surface area contributed by atoms with Crippen LogP contribution in [0.5, 0.6) is 0 Å². The number of rotatable bonds is 8. The zero-order valence-electron chi connectivity index (χ0n) is 17.1. The molecule has 0 saturated heterocycles. The van der Waals surface area contributed by atoms with Crippen LogP contribution in [0, 0.1) is 17.8 Å². The Morgan fingerprint density at radius 2 is 1.96 bits per heavy atom. The first-order valence-corrected chi connectivity index (χ1v) is 11.0. The standard InChI is InChI=1S/C22H37NO4/c1-3-26-22-18(13-8-14-24)19(16-9-7-10-16)15-20(27-22)21(25)23(2)17-11-5-4-6-12-17/h15-19,22,24H,3-14H2,1-2H3/t18-,19+,22+/m1/s1. The summed E-state index contributed by atoms with van der Waals surface area (Å²) in [6.07, 6.45) is 12.9. The van der Waals surface area contributed by atoms with Gasteiger partial charge in [0, 0.05) is 32.2 Å². The second-order valence-corrected chi connectivity index (χ2v) is 8.48. The van der Waals surface area contributed by atoms with Crippen LogP contribution in [0.15, 0.2) is 11.8 Å². The van der Waals surface area contributed by atoms with E-state index in [2.05, 4.69) is 6.08 Å². The van der Waals surface area contributed by atoms with E-state index in [-0.39, 0.29) is 24.7 Å². The molecule has 1 aliphatic heterocycles. The van der Waals surface area contributed by atoms with Gasteiger partial charge in [-0.05, 0) is 63.4 Å². The van der Waals surface area contributed by atoms with E-state index < -0.39 is 0 Å². The lowest BCUT2D eigenvalue weighted by Crippen LogP contribution is -2.45. The Bertz CT molecular complexity index is 510. The molecule has 0 radical (unpaired) electrons. The molecule has 1 N–H and O–H groups in total. The molecule has 0 spiro atoms. The number of aliphatic hydroxyl groups is 1. The summed E-state index contributed by atoms with van der Waals surface area (Å²) in [6.45, 7) is 2.73. The Balaban J connectivity index is 1.77. The molecule has 0 unspecified atom stereocenters. The zero-order valence-corrected chi connectivity index (χ0v) is 17.1. The van der Waals surface area contributed by atoms with E-state index in [0.717, 1.165) is 25.7 Å². The van der Waals surface area contributed by atoms with E-state index >= 15 is 0 Å². The van der Waals surface area contributed by atoms with Crippen LogP contribution in [0.2, 0.25) is 0 Å². The smallest absolute Gasteiger partial charge is 0.288 e. The van der Waals surface area contributed by atoms with Crippen LogP contribution in [0.3, 0.4) is 0 Å². The summed E-state index contributed by atoms with van der Waals surface area (Å²) in [6, 6.07) is 0.329. The molecule has 2 saturated carbocycles. The number of hydrogen-bond donors (Lipinski definition) is 1. The number of carbonyl (C=O) groups excluding carboxylic acids is 1. The van der Waals surface area contributed by atoms with E-state index in [9.17, 15) is 9.90 Å². The van der Waals surface area contributed by atoms with Crippen LogP contribution in [0.25, 0.3) is 0 Å². The first-order chi connectivity index (χ1) is 13.2. The third-order valence-corrected chi connectivity index (χ3v) is 6.81. The number of hydrogen-bond acceptors (Lipinski definition) is 4. The molecule has 2 aliphatic carbocycles. The quantitative estimate of drug-likeness (QED) is 0.696. The SMILES string of the molecule is CCO[C@H]1OC(C(=O)N(C)C2CCCCC2)=C[C@@H](C2CCC2)[C@H]1CCCO. The van der Waals surface area contributed by atoms with Crippen LogP contribution in [-0.4, -0.2) is 48.5 Å². The Labute approximate surface area is 164 Å². The monoisotopic (exact) mass is 379 g/mol. The Morgan fingerprint density at radius 3 is 2.56 bits per heavy atom. The number of allylic oxidation sites excluding steroid dienone is 1. The molecule has 1 amide bonds. The molecule has 0 bridgehead atoms. The molecular formula is C22H37NO4. The van der Waals surface area contributed by atoms with Gasteiger partial charge in [0.1, 0.15) is 0 Å². The number of nitrogens with zero attached hydrogens (tertiary/aromatic N) is 1. The Morgan fingerprint density at radius 1 is 1.22 bits per heavy atom. The van der Waals surface area contributed by atoms with Crippen LogP contribution in [0.4, 0.5) is 0 Å². The van der Waals surface area contributed by atoms with E-state index in [4.69, 9.17) is 9.47 Å². The third-order valence-electron chi connectivity index (χ3n) is 6.81. The molecule has 1 heterocycles. The summed E-state index contributed by atoms with van der Waals surface area (Å²) in [5.74, 6) is 1.65. The maximum atomic E-state index is 13.2. The molecule has 0 aromatic heterocycles. The number of carbonyl (C=O) groups is 1. The predicted molar refractivity (Wildman–Crippen MR) is 105 cm³/mol. The van der Waals surface area contributed by atoms with Crippen molar-refractivity contribution in [1.82, 2.24) is 4.90 Å². The van der Waals surface area contributed by atoms with Crippen molar-refractivity contribution in [3.8, 4) is 0 Å². The van der Waals surface area contributed by atoms with Gasteiger partial charge in [-0.15, -0.1) is 0 Å². The van der Waals surface area contributed by atoms with Crippen molar-refractivity contribution in [3.63, 3.8) is 0 Å². The van der Waals surface area contributed by atoms with E-state index in [1.165, 1.54) is 38.5 Å². The minimum Gasteiger partial charge on any atom is -0.459 e. The van der Waals surface area contributed by atoms with Crippen LogP contribution >= 0.6 is 0 Å². The minimum absolute atomic E-state index is 0.0107. The first kappa shape index (κ1) is 20.7. The average molecular weight is 380 g/mol. The lowest BCUT2D eigenvalue weighted by molar-refractivity contribution is -0.181. The molecule has 3 aliphatic rings. The van der Waals surface area contributed by atoms with Gasteiger partial charge in [0.25, 0.3) is 5.91 Å². The third kappa shape index (κ3) is 4.86. The molecule has 3 rings (SSSR count). The van der Waals surface area contributed by atoms with Crippen LogP contribution in [0.1, 0.15) is 71.1 Å². The summed E-state index contributed by atoms with van der Waals surface area (Å²) >= 11 is 0. The molecule has 3 atom stereocenters. The molecule has 5 nitrogen and oxygen atoms in total. The summed E-state index contributed by atoms with van der Waals surface area (Å²) in [7, 11) is 1.93. The van der Waals surface area contributed by atoms with Gasteiger partial charge in [0.05, 0.1) is 0 Å². The maximum absolute atomic E-state index is 13.2. The van der Waals surface area contributed by atoms with Crippen molar-refractivity contribution >= 4 is 5.91 Å². The molecule has 2 fully saturated rings. The van der Waals surface area contributed by atoms with Crippen LogP contribution < -0.4 is 0 Å². The average Bonchev–Trinajstić information content (AvgIpc) is 2.65. The number of ether oxygens (including phenoxy) is 2. The number of amides is 1. The van der Waals surface area contributed by atoms with Crippen molar-refractivity contribution in [2.24, 2.45) is 17.8 Å². The highest BCUT2D eigenvalue weighted by atomic mass is 16.7. The maximum Gasteiger partial charge on any atom is 0.288 e. The first-order valence-electron chi connectivity index (χ1n) is 11.0. The van der Waals surface area contributed by atoms with Crippen molar-refractivity contribution in [2.75, 3.05) is 20.3 Å². The van der Waals surface area contributed by atoms with E-state index in [1.54, 1.807) is 0 Å². The Hall–Kier alpha value is -1.07. The normalized spacial score (nSPS) is 29.6. The van der Waals surface area contributed by atoms with E-state index in [0.29, 0.717) is 30.2 Å². The van der Waals surface area contributed by atoms with Crippen molar-refractivity contribution < 1.29 is 19.4 Å². The largest absolute Gasteiger partial charge is 0.459 e. The number of likely N-dealkylation sites (N-methyl/N-ethyl adjacent to an activating group) is 1. The molecule has 27 heavy (non-hydrogen) atoms. The van der Waals surface area contributed by atoms with Gasteiger partial charge in [-0.1, -0.05) is 25.7 Å². The fraction of sp³-hybridized carbons (Fsp3) is 0.864. The molecule has 0 aromatic carbocycles. The van der Waals surface area contributed by atoms with Gasteiger partial charge in [-0.2, -0.15) is 0 Å². The topological polar surface area (TPSA) is 59.0 Å². The summed E-state index contributed by atoms with van der Waals surface area (Å²) in [5.41, 5.74) is 0. The minimum atomic E-state index is -0.379. The van der Waals surface area contributed by atoms with Crippen molar-refractivity contribution in [1.29, 1.82) is 0 Å². The summed E-state index contributed by atoms with van der Waals surface area (Å²) < 4.78 is 12.1. The van der Waals surface area contributed by atoms with Gasteiger partial charge in [-0.3, -0.25) is 4.79 Å². The predicted octanol–water partition coefficient (Wildman–Crippen LogP) is 3.86. The van der Waals surface area contributed by atoms with Gasteiger partial charge in [0.2, 0.25) is 6.29 Å². The summed E-state index contributed by atoms with van der Waals surface area (Å²) in [4.78, 5) is 15.1.